The first kappa shape index (κ1) is 16.8. The van der Waals surface area contributed by atoms with Gasteiger partial charge in [0.2, 0.25) is 5.89 Å². The topological polar surface area (TPSA) is 75.0 Å². The number of rotatable bonds is 4. The molecule has 3 aromatic rings. The Labute approximate surface area is 152 Å². The Morgan fingerprint density at radius 3 is 2.88 bits per heavy atom. The van der Waals surface area contributed by atoms with Crippen LogP contribution in [-0.4, -0.2) is 33.0 Å². The van der Waals surface area contributed by atoms with Gasteiger partial charge < -0.3 is 14.4 Å². The van der Waals surface area contributed by atoms with E-state index in [0.29, 0.717) is 23.8 Å². The number of hydrogen-bond donors (Lipinski definition) is 1. The molecule has 0 spiro atoms. The van der Waals surface area contributed by atoms with Crippen LogP contribution >= 0.6 is 0 Å². The molecule has 1 amide bonds. The summed E-state index contributed by atoms with van der Waals surface area (Å²) in [6, 6.07) is 5.92. The highest BCUT2D eigenvalue weighted by Crippen LogP contribution is 2.30. The Morgan fingerprint density at radius 1 is 1.31 bits per heavy atom. The zero-order valence-electron chi connectivity index (χ0n) is 15.5. The van der Waals surface area contributed by atoms with E-state index in [4.69, 9.17) is 4.52 Å². The molecule has 26 heavy (non-hydrogen) atoms. The van der Waals surface area contributed by atoms with Crippen LogP contribution in [0.4, 0.5) is 0 Å². The maximum absolute atomic E-state index is 12.9. The summed E-state index contributed by atoms with van der Waals surface area (Å²) in [6.45, 7) is 4.33. The summed E-state index contributed by atoms with van der Waals surface area (Å²) >= 11 is 0. The lowest BCUT2D eigenvalue weighted by molar-refractivity contribution is 0.0781. The summed E-state index contributed by atoms with van der Waals surface area (Å²) in [6.07, 6.45) is 4.64. The summed E-state index contributed by atoms with van der Waals surface area (Å²) in [5.74, 6) is 1.28. The van der Waals surface area contributed by atoms with Crippen molar-refractivity contribution in [3.05, 3.63) is 46.7 Å². The molecule has 0 unspecified atom stereocenters. The maximum Gasteiger partial charge on any atom is 0.254 e. The van der Waals surface area contributed by atoms with Gasteiger partial charge in [0.25, 0.3) is 5.91 Å². The molecule has 1 aromatic carbocycles. The number of aromatic nitrogens is 3. The van der Waals surface area contributed by atoms with Crippen molar-refractivity contribution in [1.29, 1.82) is 0 Å². The van der Waals surface area contributed by atoms with Gasteiger partial charge in [-0.2, -0.15) is 4.98 Å². The lowest BCUT2D eigenvalue weighted by atomic mass is 9.95. The van der Waals surface area contributed by atoms with Gasteiger partial charge in [0.1, 0.15) is 0 Å². The third kappa shape index (κ3) is 3.00. The number of H-pyrrole nitrogens is 1. The number of nitrogens with one attached hydrogen (secondary N) is 1. The van der Waals surface area contributed by atoms with Crippen molar-refractivity contribution in [3.8, 4) is 0 Å². The standard InChI is InChI=1S/C20H24N4O2/c1-12(2)19-22-18(23-26-19)11-24(3)20(25)13-8-9-17-15(10-13)14-6-4-5-7-16(14)21-17/h8-10,12,21H,4-7,11H2,1-3H3. The number of aryl methyl sites for hydroxylation is 2. The monoisotopic (exact) mass is 352 g/mol. The van der Waals surface area contributed by atoms with Gasteiger partial charge >= 0.3 is 0 Å². The number of benzene rings is 1. The smallest absolute Gasteiger partial charge is 0.254 e. The van der Waals surface area contributed by atoms with Crippen LogP contribution in [0.15, 0.2) is 22.7 Å². The number of fused-ring (bicyclic) bond motifs is 3. The van der Waals surface area contributed by atoms with Crippen LogP contribution in [0, 0.1) is 0 Å². The molecule has 1 N–H and O–H groups in total. The fourth-order valence-corrected chi connectivity index (χ4v) is 3.61. The van der Waals surface area contributed by atoms with E-state index < -0.39 is 0 Å². The van der Waals surface area contributed by atoms with Crippen molar-refractivity contribution in [2.75, 3.05) is 7.05 Å². The normalized spacial score (nSPS) is 14.0. The van der Waals surface area contributed by atoms with Crippen LogP contribution in [0.2, 0.25) is 0 Å². The zero-order valence-corrected chi connectivity index (χ0v) is 15.5. The van der Waals surface area contributed by atoms with Gasteiger partial charge in [-0.3, -0.25) is 4.79 Å². The van der Waals surface area contributed by atoms with Gasteiger partial charge in [0.15, 0.2) is 5.82 Å². The third-order valence-corrected chi connectivity index (χ3v) is 5.05. The Bertz CT molecular complexity index is 954. The Hall–Kier alpha value is -2.63. The van der Waals surface area contributed by atoms with Crippen LogP contribution in [0.1, 0.15) is 65.9 Å². The van der Waals surface area contributed by atoms with Crippen molar-refractivity contribution in [1.82, 2.24) is 20.0 Å². The second kappa shape index (κ2) is 6.59. The summed E-state index contributed by atoms with van der Waals surface area (Å²) < 4.78 is 5.22. The van der Waals surface area contributed by atoms with Gasteiger partial charge in [0.05, 0.1) is 6.54 Å². The predicted octanol–water partition coefficient (Wildman–Crippen LogP) is 3.83. The van der Waals surface area contributed by atoms with E-state index in [-0.39, 0.29) is 11.8 Å². The maximum atomic E-state index is 12.9. The summed E-state index contributed by atoms with van der Waals surface area (Å²) in [7, 11) is 1.77. The molecule has 136 valence electrons. The van der Waals surface area contributed by atoms with E-state index in [0.717, 1.165) is 18.4 Å². The molecule has 0 fully saturated rings. The van der Waals surface area contributed by atoms with Crippen molar-refractivity contribution in [3.63, 3.8) is 0 Å². The molecular weight excluding hydrogens is 328 g/mol. The van der Waals surface area contributed by atoms with Crippen LogP contribution in [-0.2, 0) is 19.4 Å². The molecule has 0 atom stereocenters. The number of nitrogens with zero attached hydrogens (tertiary/aromatic N) is 3. The number of carbonyl (C=O) groups is 1. The van der Waals surface area contributed by atoms with E-state index >= 15 is 0 Å². The molecule has 0 radical (unpaired) electrons. The summed E-state index contributed by atoms with van der Waals surface area (Å²) in [4.78, 5) is 22.3. The molecule has 6 nitrogen and oxygen atoms in total. The lowest BCUT2D eigenvalue weighted by Crippen LogP contribution is -2.26. The second-order valence-electron chi connectivity index (χ2n) is 7.41. The van der Waals surface area contributed by atoms with Crippen molar-refractivity contribution in [2.24, 2.45) is 0 Å². The highest BCUT2D eigenvalue weighted by atomic mass is 16.5. The van der Waals surface area contributed by atoms with Gasteiger partial charge in [-0.1, -0.05) is 19.0 Å². The minimum Gasteiger partial charge on any atom is -0.358 e. The molecule has 0 saturated heterocycles. The van der Waals surface area contributed by atoms with Crippen molar-refractivity contribution < 1.29 is 9.32 Å². The fraction of sp³-hybridized carbons (Fsp3) is 0.450. The van der Waals surface area contributed by atoms with Crippen molar-refractivity contribution >= 4 is 16.8 Å². The highest BCUT2D eigenvalue weighted by molar-refractivity contribution is 5.99. The molecule has 4 rings (SSSR count). The second-order valence-corrected chi connectivity index (χ2v) is 7.41. The molecule has 1 aliphatic carbocycles. The third-order valence-electron chi connectivity index (χ3n) is 5.05. The SMILES string of the molecule is CC(C)c1nc(CN(C)C(=O)c2ccc3[nH]c4c(c3c2)CCCC4)no1. The zero-order chi connectivity index (χ0) is 18.3. The van der Waals surface area contributed by atoms with Gasteiger partial charge in [-0.25, -0.2) is 0 Å². The van der Waals surface area contributed by atoms with Gasteiger partial charge in [-0.15, -0.1) is 0 Å². The lowest BCUT2D eigenvalue weighted by Gasteiger charge is -2.15. The van der Waals surface area contributed by atoms with E-state index in [2.05, 4.69) is 15.1 Å². The number of carbonyl (C=O) groups excluding carboxylic acids is 1. The molecule has 1 aliphatic rings. The average Bonchev–Trinajstić information content (AvgIpc) is 3.25. The molecule has 6 heteroatoms. The number of hydrogen-bond acceptors (Lipinski definition) is 4. The average molecular weight is 352 g/mol. The highest BCUT2D eigenvalue weighted by Gasteiger charge is 2.19. The fourth-order valence-electron chi connectivity index (χ4n) is 3.61. The minimum absolute atomic E-state index is 0.0337. The minimum atomic E-state index is -0.0337. The molecule has 0 aliphatic heterocycles. The molecule has 2 heterocycles. The first-order valence-electron chi connectivity index (χ1n) is 9.24. The van der Waals surface area contributed by atoms with E-state index in [1.54, 1.807) is 11.9 Å². The van der Waals surface area contributed by atoms with E-state index in [1.807, 2.05) is 32.0 Å². The summed E-state index contributed by atoms with van der Waals surface area (Å²) in [5, 5.41) is 5.15. The van der Waals surface area contributed by atoms with Gasteiger partial charge in [0, 0.05) is 35.1 Å². The number of aromatic amines is 1. The molecule has 0 saturated carbocycles. The van der Waals surface area contributed by atoms with Gasteiger partial charge in [-0.05, 0) is 49.4 Å². The van der Waals surface area contributed by atoms with Crippen LogP contribution in [0.3, 0.4) is 0 Å². The largest absolute Gasteiger partial charge is 0.358 e. The van der Waals surface area contributed by atoms with Crippen LogP contribution < -0.4 is 0 Å². The van der Waals surface area contributed by atoms with Crippen LogP contribution in [0.5, 0.6) is 0 Å². The predicted molar refractivity (Wildman–Crippen MR) is 99.1 cm³/mol. The molecule has 0 bridgehead atoms. The summed E-state index contributed by atoms with van der Waals surface area (Å²) in [5.41, 5.74) is 4.52. The quantitative estimate of drug-likeness (QED) is 0.774. The molecular formula is C20H24N4O2. The van der Waals surface area contributed by atoms with E-state index in [1.165, 1.54) is 29.5 Å². The molecule has 2 aromatic heterocycles. The Morgan fingerprint density at radius 2 is 2.12 bits per heavy atom. The van der Waals surface area contributed by atoms with Crippen molar-refractivity contribution in [2.45, 2.75) is 52.0 Å². The van der Waals surface area contributed by atoms with E-state index in [9.17, 15) is 4.79 Å². The number of amides is 1. The Balaban J connectivity index is 1.56. The van der Waals surface area contributed by atoms with Crippen LogP contribution in [0.25, 0.3) is 10.9 Å². The first-order valence-corrected chi connectivity index (χ1v) is 9.24. The first-order chi connectivity index (χ1) is 12.5. The Kier molecular flexibility index (Phi) is 4.26.